The third-order valence-corrected chi connectivity index (χ3v) is 3.20. The maximum Gasteiger partial charge on any atom is 0.250 e. The largest absolute Gasteiger partial charge is 0.272 e. The maximum absolute atomic E-state index is 11.5. The Morgan fingerprint density at radius 2 is 2.00 bits per heavy atom. The molecule has 0 aliphatic carbocycles. The van der Waals surface area contributed by atoms with Gasteiger partial charge in [-0.2, -0.15) is 5.10 Å². The number of aromatic nitrogens is 2. The van der Waals surface area contributed by atoms with E-state index in [4.69, 9.17) is 11.6 Å². The summed E-state index contributed by atoms with van der Waals surface area (Å²) < 4.78 is 0. The zero-order valence-electron chi connectivity index (χ0n) is 10.4. The van der Waals surface area contributed by atoms with Gasteiger partial charge in [0.25, 0.3) is 5.91 Å². The van der Waals surface area contributed by atoms with Crippen molar-refractivity contribution in [2.75, 3.05) is 5.75 Å². The molecule has 0 bridgehead atoms. The Bertz CT molecular complexity index is 589. The molecule has 0 aliphatic heterocycles. The molecule has 0 spiro atoms. The van der Waals surface area contributed by atoms with Crippen molar-refractivity contribution in [1.82, 2.24) is 15.4 Å². The number of amides is 1. The van der Waals surface area contributed by atoms with Crippen LogP contribution in [0.4, 0.5) is 0 Å². The molecule has 1 aromatic heterocycles. The Balaban J connectivity index is 1.76. The van der Waals surface area contributed by atoms with Gasteiger partial charge in [-0.1, -0.05) is 53.7 Å². The third kappa shape index (κ3) is 4.99. The van der Waals surface area contributed by atoms with Crippen LogP contribution < -0.4 is 5.43 Å². The molecule has 0 radical (unpaired) electrons. The maximum atomic E-state index is 11.5. The fourth-order valence-electron chi connectivity index (χ4n) is 1.26. The fourth-order valence-corrected chi connectivity index (χ4v) is 1.93. The highest BCUT2D eigenvalue weighted by atomic mass is 35.5. The highest BCUT2D eigenvalue weighted by molar-refractivity contribution is 7.99. The molecule has 1 amide bonds. The highest BCUT2D eigenvalue weighted by Gasteiger charge is 2.03. The van der Waals surface area contributed by atoms with E-state index >= 15 is 0 Å². The van der Waals surface area contributed by atoms with E-state index in [1.165, 1.54) is 24.2 Å². The molecule has 2 aromatic rings. The van der Waals surface area contributed by atoms with Crippen molar-refractivity contribution in [2.24, 2.45) is 5.10 Å². The average molecular weight is 307 g/mol. The van der Waals surface area contributed by atoms with Gasteiger partial charge in [0.05, 0.1) is 29.4 Å². The van der Waals surface area contributed by atoms with Gasteiger partial charge in [-0.05, 0) is 5.56 Å². The number of carbonyl (C=O) groups is 1. The summed E-state index contributed by atoms with van der Waals surface area (Å²) in [5.74, 6) is -0.0333. The van der Waals surface area contributed by atoms with Gasteiger partial charge in [0.15, 0.2) is 5.16 Å². The Hall–Kier alpha value is -1.92. The van der Waals surface area contributed by atoms with Crippen LogP contribution in [0.1, 0.15) is 5.56 Å². The molecule has 20 heavy (non-hydrogen) atoms. The normalized spacial score (nSPS) is 10.7. The van der Waals surface area contributed by atoms with Gasteiger partial charge in [-0.15, -0.1) is 0 Å². The monoisotopic (exact) mass is 306 g/mol. The lowest BCUT2D eigenvalue weighted by Gasteiger charge is -1.99. The summed E-state index contributed by atoms with van der Waals surface area (Å²) in [4.78, 5) is 19.5. The SMILES string of the molecule is O=C(CSc1ncc(Cl)cn1)NN=Cc1ccccc1. The van der Waals surface area contributed by atoms with E-state index in [9.17, 15) is 4.79 Å². The second-order valence-electron chi connectivity index (χ2n) is 3.68. The molecule has 2 rings (SSSR count). The molecule has 0 saturated heterocycles. The lowest BCUT2D eigenvalue weighted by atomic mass is 10.2. The smallest absolute Gasteiger partial charge is 0.250 e. The predicted octanol–water partition coefficient (Wildman–Crippen LogP) is 2.37. The molecule has 7 heteroatoms. The van der Waals surface area contributed by atoms with Crippen molar-refractivity contribution in [3.8, 4) is 0 Å². The van der Waals surface area contributed by atoms with Crippen LogP contribution >= 0.6 is 23.4 Å². The van der Waals surface area contributed by atoms with Gasteiger partial charge >= 0.3 is 0 Å². The summed E-state index contributed by atoms with van der Waals surface area (Å²) >= 11 is 6.89. The first kappa shape index (κ1) is 14.5. The zero-order chi connectivity index (χ0) is 14.2. The van der Waals surface area contributed by atoms with E-state index in [0.29, 0.717) is 10.2 Å². The van der Waals surface area contributed by atoms with Gasteiger partial charge in [0, 0.05) is 0 Å². The Labute approximate surface area is 125 Å². The number of nitrogens with one attached hydrogen (secondary N) is 1. The summed E-state index contributed by atoms with van der Waals surface area (Å²) in [5, 5.41) is 4.83. The fraction of sp³-hybridized carbons (Fsp3) is 0.0769. The summed E-state index contributed by atoms with van der Waals surface area (Å²) in [6.07, 6.45) is 4.56. The molecule has 0 fully saturated rings. The number of thioether (sulfide) groups is 1. The topological polar surface area (TPSA) is 67.2 Å². The first-order valence-electron chi connectivity index (χ1n) is 5.71. The van der Waals surface area contributed by atoms with Crippen molar-refractivity contribution < 1.29 is 4.79 Å². The van der Waals surface area contributed by atoms with E-state index in [2.05, 4.69) is 20.5 Å². The Morgan fingerprint density at radius 1 is 1.30 bits per heavy atom. The van der Waals surface area contributed by atoms with E-state index in [0.717, 1.165) is 5.56 Å². The molecule has 1 aromatic carbocycles. The number of hydrogen-bond donors (Lipinski definition) is 1. The highest BCUT2D eigenvalue weighted by Crippen LogP contribution is 2.13. The van der Waals surface area contributed by atoms with Crippen molar-refractivity contribution in [3.63, 3.8) is 0 Å². The molecular weight excluding hydrogens is 296 g/mol. The molecule has 1 N–H and O–H groups in total. The Morgan fingerprint density at radius 3 is 2.70 bits per heavy atom. The second kappa shape index (κ2) is 7.62. The number of benzene rings is 1. The van der Waals surface area contributed by atoms with Crippen molar-refractivity contribution in [1.29, 1.82) is 0 Å². The number of nitrogens with zero attached hydrogens (tertiary/aromatic N) is 3. The second-order valence-corrected chi connectivity index (χ2v) is 5.06. The van der Waals surface area contributed by atoms with Crippen LogP contribution in [0.3, 0.4) is 0 Å². The first-order chi connectivity index (χ1) is 9.74. The minimum Gasteiger partial charge on any atom is -0.272 e. The molecular formula is C13H11ClN4OS. The number of rotatable bonds is 5. The molecule has 0 unspecified atom stereocenters. The predicted molar refractivity (Wildman–Crippen MR) is 79.9 cm³/mol. The van der Waals surface area contributed by atoms with Crippen LogP contribution in [0.2, 0.25) is 5.02 Å². The van der Waals surface area contributed by atoms with Crippen molar-refractivity contribution >= 4 is 35.5 Å². The van der Waals surface area contributed by atoms with E-state index in [-0.39, 0.29) is 11.7 Å². The van der Waals surface area contributed by atoms with Crippen molar-refractivity contribution in [3.05, 3.63) is 53.3 Å². The first-order valence-corrected chi connectivity index (χ1v) is 7.08. The van der Waals surface area contributed by atoms with Gasteiger partial charge in [-0.3, -0.25) is 4.79 Å². The van der Waals surface area contributed by atoms with Crippen LogP contribution in [-0.2, 0) is 4.79 Å². The van der Waals surface area contributed by atoms with Crippen LogP contribution in [0.5, 0.6) is 0 Å². The van der Waals surface area contributed by atoms with Gasteiger partial charge in [-0.25, -0.2) is 15.4 Å². The van der Waals surface area contributed by atoms with Crippen LogP contribution in [-0.4, -0.2) is 27.8 Å². The van der Waals surface area contributed by atoms with Crippen molar-refractivity contribution in [2.45, 2.75) is 5.16 Å². The summed E-state index contributed by atoms with van der Waals surface area (Å²) in [5.41, 5.74) is 3.36. The van der Waals surface area contributed by atoms with Crippen LogP contribution in [0.15, 0.2) is 53.0 Å². The van der Waals surface area contributed by atoms with Gasteiger partial charge in [0.1, 0.15) is 0 Å². The average Bonchev–Trinajstić information content (AvgIpc) is 2.48. The lowest BCUT2D eigenvalue weighted by molar-refractivity contribution is -0.118. The molecule has 0 aliphatic rings. The standard InChI is InChI=1S/C13H11ClN4OS/c14-11-7-15-13(16-8-11)20-9-12(19)18-17-6-10-4-2-1-3-5-10/h1-8H,9H2,(H,18,19). The van der Waals surface area contributed by atoms with Gasteiger partial charge < -0.3 is 0 Å². The summed E-state index contributed by atoms with van der Waals surface area (Å²) in [6, 6.07) is 9.50. The minimum atomic E-state index is -0.222. The minimum absolute atomic E-state index is 0.188. The summed E-state index contributed by atoms with van der Waals surface area (Å²) in [6.45, 7) is 0. The van der Waals surface area contributed by atoms with Crippen LogP contribution in [0, 0.1) is 0 Å². The van der Waals surface area contributed by atoms with Crippen LogP contribution in [0.25, 0.3) is 0 Å². The van der Waals surface area contributed by atoms with E-state index in [1.807, 2.05) is 30.3 Å². The number of carbonyl (C=O) groups excluding carboxylic acids is 1. The number of hydrogen-bond acceptors (Lipinski definition) is 5. The molecule has 0 saturated carbocycles. The molecule has 1 heterocycles. The lowest BCUT2D eigenvalue weighted by Crippen LogP contribution is -2.19. The third-order valence-electron chi connectivity index (χ3n) is 2.13. The molecule has 0 atom stereocenters. The quantitative estimate of drug-likeness (QED) is 0.398. The molecule has 5 nitrogen and oxygen atoms in total. The number of hydrazone groups is 1. The Kier molecular flexibility index (Phi) is 5.52. The molecule has 102 valence electrons. The van der Waals surface area contributed by atoms with E-state index < -0.39 is 0 Å². The zero-order valence-corrected chi connectivity index (χ0v) is 11.9. The van der Waals surface area contributed by atoms with Gasteiger partial charge in [0.2, 0.25) is 0 Å². The summed E-state index contributed by atoms with van der Waals surface area (Å²) in [7, 11) is 0. The van der Waals surface area contributed by atoms with E-state index in [1.54, 1.807) is 6.21 Å². The number of halogens is 1.